The molecule has 3 aromatic rings. The molecule has 4 rings (SSSR count). The number of piperazine rings is 1. The number of hydrogen-bond donors (Lipinski definition) is 0. The van der Waals surface area contributed by atoms with Crippen LogP contribution < -0.4 is 9.64 Å². The van der Waals surface area contributed by atoms with Gasteiger partial charge in [0.1, 0.15) is 17.4 Å². The topological polar surface area (TPSA) is 76.4 Å². The second-order valence-electron chi connectivity index (χ2n) is 6.59. The van der Waals surface area contributed by atoms with Crippen LogP contribution in [0.5, 0.6) is 5.75 Å². The molecule has 8 heteroatoms. The number of anilines is 1. The van der Waals surface area contributed by atoms with Crippen molar-refractivity contribution in [2.45, 2.75) is 6.92 Å². The van der Waals surface area contributed by atoms with E-state index in [1.165, 1.54) is 0 Å². The van der Waals surface area contributed by atoms with Gasteiger partial charge in [0, 0.05) is 50.2 Å². The Morgan fingerprint density at radius 1 is 1.04 bits per heavy atom. The van der Waals surface area contributed by atoms with E-state index in [-0.39, 0.29) is 5.91 Å². The minimum Gasteiger partial charge on any atom is -0.497 e. The van der Waals surface area contributed by atoms with Crippen LogP contribution in [0.4, 0.5) is 5.82 Å². The highest BCUT2D eigenvalue weighted by Crippen LogP contribution is 2.19. The second-order valence-corrected chi connectivity index (χ2v) is 6.59. The third-order valence-corrected chi connectivity index (χ3v) is 4.76. The summed E-state index contributed by atoms with van der Waals surface area (Å²) in [4.78, 5) is 25.9. The van der Waals surface area contributed by atoms with Crippen LogP contribution in [0.25, 0.3) is 5.82 Å². The summed E-state index contributed by atoms with van der Waals surface area (Å²) < 4.78 is 6.94. The Hall–Kier alpha value is -3.42. The van der Waals surface area contributed by atoms with E-state index in [4.69, 9.17) is 4.74 Å². The van der Waals surface area contributed by atoms with E-state index >= 15 is 0 Å². The van der Waals surface area contributed by atoms with Crippen molar-refractivity contribution in [1.82, 2.24) is 24.6 Å². The highest BCUT2D eigenvalue weighted by molar-refractivity contribution is 5.94. The van der Waals surface area contributed by atoms with E-state index in [1.807, 2.05) is 48.4 Å². The van der Waals surface area contributed by atoms with Crippen molar-refractivity contribution in [3.05, 3.63) is 60.2 Å². The molecule has 1 aliphatic heterocycles. The van der Waals surface area contributed by atoms with Gasteiger partial charge in [-0.15, -0.1) is 0 Å². The molecule has 144 valence electrons. The number of nitrogens with zero attached hydrogens (tertiary/aromatic N) is 6. The predicted molar refractivity (Wildman–Crippen MR) is 105 cm³/mol. The van der Waals surface area contributed by atoms with Gasteiger partial charge in [0.25, 0.3) is 5.91 Å². The Morgan fingerprint density at radius 2 is 1.82 bits per heavy atom. The minimum atomic E-state index is 0.0228. The summed E-state index contributed by atoms with van der Waals surface area (Å²) in [5, 5.41) is 4.24. The van der Waals surface area contributed by atoms with E-state index in [0.29, 0.717) is 43.3 Å². The molecule has 1 aliphatic rings. The van der Waals surface area contributed by atoms with Gasteiger partial charge in [-0.05, 0) is 31.2 Å². The Balaban J connectivity index is 1.46. The van der Waals surface area contributed by atoms with Crippen molar-refractivity contribution in [1.29, 1.82) is 0 Å². The van der Waals surface area contributed by atoms with Crippen molar-refractivity contribution in [3.8, 4) is 11.6 Å². The highest BCUT2D eigenvalue weighted by Gasteiger charge is 2.23. The minimum absolute atomic E-state index is 0.0228. The van der Waals surface area contributed by atoms with Crippen molar-refractivity contribution in [2.75, 3.05) is 38.2 Å². The Bertz CT molecular complexity index is 965. The summed E-state index contributed by atoms with van der Waals surface area (Å²) in [5.41, 5.74) is 0.645. The van der Waals surface area contributed by atoms with Crippen LogP contribution in [0.1, 0.15) is 16.2 Å². The number of carbonyl (C=O) groups excluding carboxylic acids is 1. The molecule has 1 fully saturated rings. The SMILES string of the molecule is COc1cccc(C(=O)N2CCN(c3cc(-n4cccn4)nc(C)n3)CC2)c1. The number of rotatable bonds is 4. The zero-order valence-electron chi connectivity index (χ0n) is 15.9. The maximum absolute atomic E-state index is 12.8. The van der Waals surface area contributed by atoms with Gasteiger partial charge in [0.2, 0.25) is 0 Å². The largest absolute Gasteiger partial charge is 0.497 e. The van der Waals surface area contributed by atoms with Crippen molar-refractivity contribution in [2.24, 2.45) is 0 Å². The highest BCUT2D eigenvalue weighted by atomic mass is 16.5. The molecule has 1 aromatic carbocycles. The van der Waals surface area contributed by atoms with Gasteiger partial charge < -0.3 is 14.5 Å². The molecule has 1 amide bonds. The van der Waals surface area contributed by atoms with Crippen LogP contribution in [-0.4, -0.2) is 63.8 Å². The molecule has 0 radical (unpaired) electrons. The number of ether oxygens (including phenoxy) is 1. The van der Waals surface area contributed by atoms with Crippen LogP contribution in [0, 0.1) is 6.92 Å². The first-order valence-electron chi connectivity index (χ1n) is 9.18. The quantitative estimate of drug-likeness (QED) is 0.691. The number of amides is 1. The summed E-state index contributed by atoms with van der Waals surface area (Å²) in [6, 6.07) is 11.1. The molecule has 0 atom stereocenters. The van der Waals surface area contributed by atoms with Crippen LogP contribution in [0.15, 0.2) is 48.8 Å². The van der Waals surface area contributed by atoms with Gasteiger partial charge in [0.15, 0.2) is 5.82 Å². The van der Waals surface area contributed by atoms with Crippen LogP contribution >= 0.6 is 0 Å². The maximum atomic E-state index is 12.8. The first-order valence-corrected chi connectivity index (χ1v) is 9.18. The third-order valence-electron chi connectivity index (χ3n) is 4.76. The molecule has 3 heterocycles. The number of aromatic nitrogens is 4. The number of hydrogen-bond acceptors (Lipinski definition) is 6. The summed E-state index contributed by atoms with van der Waals surface area (Å²) in [5.74, 6) is 2.99. The molecule has 8 nitrogen and oxygen atoms in total. The van der Waals surface area contributed by atoms with Gasteiger partial charge in [0.05, 0.1) is 7.11 Å². The first-order chi connectivity index (χ1) is 13.6. The lowest BCUT2D eigenvalue weighted by atomic mass is 10.1. The summed E-state index contributed by atoms with van der Waals surface area (Å²) in [7, 11) is 1.60. The molecule has 0 spiro atoms. The summed E-state index contributed by atoms with van der Waals surface area (Å²) in [6.07, 6.45) is 3.58. The molecular weight excluding hydrogens is 356 g/mol. The molecule has 0 unspecified atom stereocenters. The van der Waals surface area contributed by atoms with Gasteiger partial charge in [-0.25, -0.2) is 14.6 Å². The Kier molecular flexibility index (Phi) is 4.92. The number of methoxy groups -OCH3 is 1. The summed E-state index contributed by atoms with van der Waals surface area (Å²) in [6.45, 7) is 4.57. The number of benzene rings is 1. The van der Waals surface area contributed by atoms with Gasteiger partial charge in [-0.1, -0.05) is 6.07 Å². The second kappa shape index (κ2) is 7.67. The van der Waals surface area contributed by atoms with E-state index in [1.54, 1.807) is 24.1 Å². The molecule has 0 bridgehead atoms. The van der Waals surface area contributed by atoms with Crippen molar-refractivity contribution < 1.29 is 9.53 Å². The smallest absolute Gasteiger partial charge is 0.254 e. The van der Waals surface area contributed by atoms with Gasteiger partial charge in [-0.2, -0.15) is 5.10 Å². The number of carbonyl (C=O) groups is 1. The molecule has 28 heavy (non-hydrogen) atoms. The molecular formula is C20H22N6O2. The zero-order valence-corrected chi connectivity index (χ0v) is 15.9. The fraction of sp³-hybridized carbons (Fsp3) is 0.300. The molecule has 2 aromatic heterocycles. The van der Waals surface area contributed by atoms with Crippen molar-refractivity contribution >= 4 is 11.7 Å². The lowest BCUT2D eigenvalue weighted by molar-refractivity contribution is 0.0746. The lowest BCUT2D eigenvalue weighted by Crippen LogP contribution is -2.49. The third kappa shape index (κ3) is 3.66. The van der Waals surface area contributed by atoms with Gasteiger partial charge in [-0.3, -0.25) is 4.79 Å². The van der Waals surface area contributed by atoms with Crippen molar-refractivity contribution in [3.63, 3.8) is 0 Å². The van der Waals surface area contributed by atoms with Gasteiger partial charge >= 0.3 is 0 Å². The summed E-state index contributed by atoms with van der Waals surface area (Å²) >= 11 is 0. The average molecular weight is 378 g/mol. The van der Waals surface area contributed by atoms with Crippen LogP contribution in [0.3, 0.4) is 0 Å². The molecule has 0 saturated carbocycles. The number of aryl methyl sites for hydroxylation is 1. The van der Waals surface area contributed by atoms with E-state index < -0.39 is 0 Å². The van der Waals surface area contributed by atoms with E-state index in [0.717, 1.165) is 11.6 Å². The Morgan fingerprint density at radius 3 is 2.54 bits per heavy atom. The normalized spacial score (nSPS) is 14.2. The lowest BCUT2D eigenvalue weighted by Gasteiger charge is -2.35. The van der Waals surface area contributed by atoms with E-state index in [2.05, 4.69) is 20.0 Å². The fourth-order valence-corrected chi connectivity index (χ4v) is 3.30. The zero-order chi connectivity index (χ0) is 19.5. The Labute approximate surface area is 163 Å². The predicted octanol–water partition coefficient (Wildman–Crippen LogP) is 1.94. The fourth-order valence-electron chi connectivity index (χ4n) is 3.30. The monoisotopic (exact) mass is 378 g/mol. The van der Waals surface area contributed by atoms with Crippen LogP contribution in [0.2, 0.25) is 0 Å². The molecule has 0 N–H and O–H groups in total. The maximum Gasteiger partial charge on any atom is 0.254 e. The van der Waals surface area contributed by atoms with Crippen LogP contribution in [-0.2, 0) is 0 Å². The molecule has 0 aliphatic carbocycles. The average Bonchev–Trinajstić information content (AvgIpc) is 3.28. The van der Waals surface area contributed by atoms with E-state index in [9.17, 15) is 4.79 Å². The standard InChI is InChI=1S/C20H22N6O2/c1-15-22-18(14-19(23-15)26-8-4-7-21-26)24-9-11-25(12-10-24)20(27)16-5-3-6-17(13-16)28-2/h3-8,13-14H,9-12H2,1-2H3. The first kappa shape index (κ1) is 18.0. The molecule has 1 saturated heterocycles.